The minimum atomic E-state index is -0.0318. The van der Waals surface area contributed by atoms with E-state index in [2.05, 4.69) is 36.7 Å². The van der Waals surface area contributed by atoms with Crippen LogP contribution in [-0.2, 0) is 5.41 Å². The Morgan fingerprint density at radius 3 is 2.25 bits per heavy atom. The van der Waals surface area contributed by atoms with Gasteiger partial charge >= 0.3 is 0 Å². The Morgan fingerprint density at radius 2 is 1.83 bits per heavy atom. The first kappa shape index (κ1) is 8.73. The van der Waals surface area contributed by atoms with Crippen molar-refractivity contribution in [2.45, 2.75) is 26.2 Å². The van der Waals surface area contributed by atoms with Gasteiger partial charge in [-0.15, -0.1) is 6.42 Å². The minimum Gasteiger partial charge on any atom is -0.256 e. The monoisotopic (exact) mass is 160 g/mol. The number of hydrogen-bond donors (Lipinski definition) is 0. The predicted octanol–water partition coefficient (Wildman–Crippen LogP) is 1.76. The van der Waals surface area contributed by atoms with Crippen molar-refractivity contribution in [3.05, 3.63) is 23.8 Å². The van der Waals surface area contributed by atoms with E-state index in [0.29, 0.717) is 5.69 Å². The SMILES string of the molecule is C#Cc1nccnc1C(C)(C)C. The van der Waals surface area contributed by atoms with Gasteiger partial charge in [-0.2, -0.15) is 0 Å². The Bertz CT molecular complexity index is 315. The lowest BCUT2D eigenvalue weighted by Gasteiger charge is -2.17. The molecule has 0 saturated carbocycles. The van der Waals surface area contributed by atoms with Crippen LogP contribution in [0.5, 0.6) is 0 Å². The normalized spacial score (nSPS) is 10.8. The van der Waals surface area contributed by atoms with Crippen LogP contribution >= 0.6 is 0 Å². The molecule has 0 fully saturated rings. The van der Waals surface area contributed by atoms with Crippen LogP contribution in [0.15, 0.2) is 12.4 Å². The summed E-state index contributed by atoms with van der Waals surface area (Å²) in [7, 11) is 0. The summed E-state index contributed by atoms with van der Waals surface area (Å²) in [5.41, 5.74) is 1.49. The fourth-order valence-corrected chi connectivity index (χ4v) is 0.993. The summed E-state index contributed by atoms with van der Waals surface area (Å²) in [6, 6.07) is 0. The van der Waals surface area contributed by atoms with Crippen molar-refractivity contribution in [1.82, 2.24) is 9.97 Å². The average molecular weight is 160 g/mol. The lowest BCUT2D eigenvalue weighted by Crippen LogP contribution is -2.16. The molecule has 0 aliphatic carbocycles. The molecule has 0 aliphatic rings. The van der Waals surface area contributed by atoms with Crippen molar-refractivity contribution in [1.29, 1.82) is 0 Å². The second kappa shape index (κ2) is 2.94. The zero-order valence-electron chi connectivity index (χ0n) is 7.63. The van der Waals surface area contributed by atoms with Gasteiger partial charge in [0.15, 0.2) is 0 Å². The van der Waals surface area contributed by atoms with E-state index in [1.54, 1.807) is 12.4 Å². The third-order valence-electron chi connectivity index (χ3n) is 1.55. The summed E-state index contributed by atoms with van der Waals surface area (Å²) in [4.78, 5) is 8.28. The molecule has 1 aromatic rings. The fraction of sp³-hybridized carbons (Fsp3) is 0.400. The second-order valence-electron chi connectivity index (χ2n) is 3.65. The number of aromatic nitrogens is 2. The molecule has 0 bridgehead atoms. The van der Waals surface area contributed by atoms with Crippen molar-refractivity contribution in [3.63, 3.8) is 0 Å². The van der Waals surface area contributed by atoms with E-state index in [4.69, 9.17) is 6.42 Å². The molecule has 0 radical (unpaired) electrons. The molecule has 0 amide bonds. The average Bonchev–Trinajstić information content (AvgIpc) is 2.03. The molecule has 0 spiro atoms. The first-order valence-electron chi connectivity index (χ1n) is 3.84. The molecular formula is C10H12N2. The molecule has 1 aromatic heterocycles. The van der Waals surface area contributed by atoms with Gasteiger partial charge in [-0.3, -0.25) is 4.98 Å². The van der Waals surface area contributed by atoms with Crippen LogP contribution in [0.1, 0.15) is 32.2 Å². The molecule has 0 saturated heterocycles. The number of rotatable bonds is 0. The first-order valence-corrected chi connectivity index (χ1v) is 3.84. The molecule has 2 nitrogen and oxygen atoms in total. The molecular weight excluding hydrogens is 148 g/mol. The van der Waals surface area contributed by atoms with Gasteiger partial charge in [0.05, 0.1) is 5.69 Å². The van der Waals surface area contributed by atoms with Crippen LogP contribution in [0.4, 0.5) is 0 Å². The van der Waals surface area contributed by atoms with Gasteiger partial charge < -0.3 is 0 Å². The smallest absolute Gasteiger partial charge is 0.134 e. The van der Waals surface area contributed by atoms with Crippen LogP contribution < -0.4 is 0 Å². The standard InChI is InChI=1S/C10H12N2/c1-5-8-9(10(2,3)4)12-7-6-11-8/h1,6-7H,2-4H3. The molecule has 0 aliphatic heterocycles. The van der Waals surface area contributed by atoms with Gasteiger partial charge in [0.2, 0.25) is 0 Å². The van der Waals surface area contributed by atoms with Crippen molar-refractivity contribution >= 4 is 0 Å². The fourth-order valence-electron chi connectivity index (χ4n) is 0.993. The van der Waals surface area contributed by atoms with E-state index >= 15 is 0 Å². The zero-order valence-corrected chi connectivity index (χ0v) is 7.63. The van der Waals surface area contributed by atoms with Gasteiger partial charge in [-0.25, -0.2) is 4.98 Å². The highest BCUT2D eigenvalue weighted by Crippen LogP contribution is 2.21. The number of terminal acetylenes is 1. The van der Waals surface area contributed by atoms with Crippen LogP contribution in [0, 0.1) is 12.3 Å². The highest BCUT2D eigenvalue weighted by atomic mass is 14.8. The Morgan fingerprint density at radius 1 is 1.25 bits per heavy atom. The van der Waals surface area contributed by atoms with Crippen LogP contribution in [0.3, 0.4) is 0 Å². The maximum absolute atomic E-state index is 5.29. The minimum absolute atomic E-state index is 0.0318. The summed E-state index contributed by atoms with van der Waals surface area (Å²) in [5.74, 6) is 2.53. The lowest BCUT2D eigenvalue weighted by molar-refractivity contribution is 0.563. The van der Waals surface area contributed by atoms with Gasteiger partial charge in [-0.1, -0.05) is 20.8 Å². The quantitative estimate of drug-likeness (QED) is 0.540. The summed E-state index contributed by atoms with van der Waals surface area (Å²) in [6.45, 7) is 6.20. The second-order valence-corrected chi connectivity index (χ2v) is 3.65. The summed E-state index contributed by atoms with van der Waals surface area (Å²) >= 11 is 0. The van der Waals surface area contributed by atoms with Crippen molar-refractivity contribution < 1.29 is 0 Å². The third-order valence-corrected chi connectivity index (χ3v) is 1.55. The largest absolute Gasteiger partial charge is 0.256 e. The van der Waals surface area contributed by atoms with Crippen molar-refractivity contribution in [2.75, 3.05) is 0 Å². The third kappa shape index (κ3) is 1.62. The molecule has 1 heterocycles. The molecule has 0 N–H and O–H groups in total. The molecule has 2 heteroatoms. The van der Waals surface area contributed by atoms with Crippen molar-refractivity contribution in [2.24, 2.45) is 0 Å². The topological polar surface area (TPSA) is 25.8 Å². The Kier molecular flexibility index (Phi) is 2.14. The van der Waals surface area contributed by atoms with Crippen LogP contribution in [0.25, 0.3) is 0 Å². The molecule has 0 aromatic carbocycles. The van der Waals surface area contributed by atoms with Crippen molar-refractivity contribution in [3.8, 4) is 12.3 Å². The highest BCUT2D eigenvalue weighted by Gasteiger charge is 2.18. The Labute approximate surface area is 73.1 Å². The Balaban J connectivity index is 3.26. The first-order chi connectivity index (χ1) is 5.55. The van der Waals surface area contributed by atoms with E-state index in [-0.39, 0.29) is 5.41 Å². The van der Waals surface area contributed by atoms with Crippen LogP contribution in [-0.4, -0.2) is 9.97 Å². The number of hydrogen-bond acceptors (Lipinski definition) is 2. The van der Waals surface area contributed by atoms with Gasteiger partial charge in [0.1, 0.15) is 5.69 Å². The van der Waals surface area contributed by atoms with E-state index in [1.807, 2.05) is 0 Å². The molecule has 62 valence electrons. The molecule has 0 unspecified atom stereocenters. The summed E-state index contributed by atoms with van der Waals surface area (Å²) < 4.78 is 0. The zero-order chi connectivity index (χ0) is 9.19. The van der Waals surface area contributed by atoms with Gasteiger partial charge in [0.25, 0.3) is 0 Å². The van der Waals surface area contributed by atoms with Crippen LogP contribution in [0.2, 0.25) is 0 Å². The number of nitrogens with zero attached hydrogens (tertiary/aromatic N) is 2. The maximum Gasteiger partial charge on any atom is 0.134 e. The highest BCUT2D eigenvalue weighted by molar-refractivity contribution is 5.32. The lowest BCUT2D eigenvalue weighted by atomic mass is 9.90. The van der Waals surface area contributed by atoms with E-state index < -0.39 is 0 Å². The summed E-state index contributed by atoms with van der Waals surface area (Å²) in [6.07, 6.45) is 8.58. The maximum atomic E-state index is 5.29. The molecule has 1 rings (SSSR count). The van der Waals surface area contributed by atoms with E-state index in [0.717, 1.165) is 5.69 Å². The predicted molar refractivity (Wildman–Crippen MR) is 48.7 cm³/mol. The van der Waals surface area contributed by atoms with Gasteiger partial charge in [-0.05, 0) is 5.92 Å². The molecule has 12 heavy (non-hydrogen) atoms. The van der Waals surface area contributed by atoms with E-state index in [1.165, 1.54) is 0 Å². The Hall–Kier alpha value is -1.36. The molecule has 0 atom stereocenters. The van der Waals surface area contributed by atoms with E-state index in [9.17, 15) is 0 Å². The van der Waals surface area contributed by atoms with Gasteiger partial charge in [0, 0.05) is 17.8 Å². The summed E-state index contributed by atoms with van der Waals surface area (Å²) in [5, 5.41) is 0.